The van der Waals surface area contributed by atoms with Crippen LogP contribution in [-0.4, -0.2) is 44.8 Å². The number of carbonyl (C=O) groups excluding carboxylic acids is 2. The van der Waals surface area contributed by atoms with Crippen LogP contribution >= 0.6 is 11.6 Å². The maximum absolute atomic E-state index is 14.2. The van der Waals surface area contributed by atoms with Crippen LogP contribution in [0.3, 0.4) is 0 Å². The van der Waals surface area contributed by atoms with Crippen LogP contribution in [0.5, 0.6) is 5.75 Å². The van der Waals surface area contributed by atoms with Crippen molar-refractivity contribution >= 4 is 23.4 Å². The first kappa shape index (κ1) is 22.5. The van der Waals surface area contributed by atoms with Crippen molar-refractivity contribution in [2.75, 3.05) is 6.54 Å². The van der Waals surface area contributed by atoms with E-state index in [1.807, 2.05) is 6.92 Å². The molecule has 3 heterocycles. The third kappa shape index (κ3) is 3.01. The largest absolute Gasteiger partial charge is 0.503 e. The minimum atomic E-state index is -1.04. The molecule has 0 radical (unpaired) electrons. The third-order valence-electron chi connectivity index (χ3n) is 6.66. The Labute approximate surface area is 197 Å². The van der Waals surface area contributed by atoms with E-state index in [1.165, 1.54) is 15.7 Å². The lowest BCUT2D eigenvalue weighted by Crippen LogP contribution is -2.56. The molecule has 2 amide bonds. The van der Waals surface area contributed by atoms with E-state index in [2.05, 4.69) is 11.9 Å². The summed E-state index contributed by atoms with van der Waals surface area (Å²) in [6.45, 7) is 5.82. The van der Waals surface area contributed by atoms with E-state index in [0.29, 0.717) is 19.4 Å². The summed E-state index contributed by atoms with van der Waals surface area (Å²) in [5, 5.41) is 12.3. The fourth-order valence-electron chi connectivity index (χ4n) is 5.17. The first-order chi connectivity index (χ1) is 16.1. The lowest BCUT2D eigenvalue weighted by Gasteiger charge is -2.44. The summed E-state index contributed by atoms with van der Waals surface area (Å²) in [7, 11) is 0. The predicted molar refractivity (Wildman–Crippen MR) is 117 cm³/mol. The molecule has 1 aromatic heterocycles. The number of pyridine rings is 1. The molecule has 3 aliphatic rings. The minimum absolute atomic E-state index is 0.0932. The molecule has 8 nitrogen and oxygen atoms in total. The smallest absolute Gasteiger partial charge is 0.276 e. The van der Waals surface area contributed by atoms with Crippen molar-refractivity contribution in [3.63, 3.8) is 0 Å². The molecule has 1 saturated heterocycles. The second-order valence-corrected chi connectivity index (χ2v) is 9.12. The molecule has 0 bridgehead atoms. The summed E-state index contributed by atoms with van der Waals surface area (Å²) in [6.07, 6.45) is 1.98. The third-order valence-corrected chi connectivity index (χ3v) is 7.00. The number of hydrogen-bond donors (Lipinski definition) is 2. The molecule has 178 valence electrons. The summed E-state index contributed by atoms with van der Waals surface area (Å²) >= 11 is 5.57. The standard InChI is InChI=1S/C23H20ClF2N3O5/c1-10-5-6-23-20(10)28-9-13(21(32)27-7-12-3-4-14(25)15(24)16(12)26)18(30)19(31)17(28)22(33)29(23)8-11(2)34-23/h3-4,9,11,20,31H,1,5-8H2,2H3,(H,27,32)/t11-,20+,23+/m1/s1. The van der Waals surface area contributed by atoms with Gasteiger partial charge in [0.05, 0.1) is 6.10 Å². The summed E-state index contributed by atoms with van der Waals surface area (Å²) in [6, 6.07) is 1.47. The number of rotatable bonds is 3. The number of aromatic hydroxyl groups is 1. The summed E-state index contributed by atoms with van der Waals surface area (Å²) in [5.41, 5.74) is -2.10. The number of amides is 2. The molecule has 1 spiro atoms. The number of benzene rings is 1. The van der Waals surface area contributed by atoms with Crippen LogP contribution in [0, 0.1) is 11.6 Å². The summed E-state index contributed by atoms with van der Waals surface area (Å²) in [4.78, 5) is 40.5. The highest BCUT2D eigenvalue weighted by Crippen LogP contribution is 2.54. The highest BCUT2D eigenvalue weighted by molar-refractivity contribution is 6.30. The summed E-state index contributed by atoms with van der Waals surface area (Å²) in [5.74, 6) is -4.32. The number of nitrogens with one attached hydrogen (secondary N) is 1. The van der Waals surface area contributed by atoms with Gasteiger partial charge in [-0.2, -0.15) is 0 Å². The molecular formula is C23H20ClF2N3O5. The molecule has 2 aliphatic heterocycles. The van der Waals surface area contributed by atoms with Gasteiger partial charge in [-0.05, 0) is 25.0 Å². The van der Waals surface area contributed by atoms with Crippen LogP contribution in [0.2, 0.25) is 5.02 Å². The maximum Gasteiger partial charge on any atom is 0.276 e. The number of hydrogen-bond acceptors (Lipinski definition) is 5. The molecule has 2 aromatic rings. The van der Waals surface area contributed by atoms with Gasteiger partial charge in [0.25, 0.3) is 11.8 Å². The Morgan fingerprint density at radius 3 is 2.85 bits per heavy atom. The van der Waals surface area contributed by atoms with Gasteiger partial charge in [0.1, 0.15) is 28.3 Å². The lowest BCUT2D eigenvalue weighted by atomic mass is 9.97. The second-order valence-electron chi connectivity index (χ2n) is 8.74. The van der Waals surface area contributed by atoms with E-state index in [9.17, 15) is 28.3 Å². The first-order valence-electron chi connectivity index (χ1n) is 10.6. The zero-order chi connectivity index (χ0) is 24.5. The van der Waals surface area contributed by atoms with Crippen LogP contribution in [0.25, 0.3) is 0 Å². The Balaban J connectivity index is 1.54. The highest BCUT2D eigenvalue weighted by Gasteiger charge is 2.61. The number of fused-ring (bicyclic) bond motifs is 2. The molecule has 34 heavy (non-hydrogen) atoms. The Hall–Kier alpha value is -3.24. The van der Waals surface area contributed by atoms with E-state index in [0.717, 1.165) is 17.7 Å². The first-order valence-corrected chi connectivity index (χ1v) is 11.0. The highest BCUT2D eigenvalue weighted by atomic mass is 35.5. The quantitative estimate of drug-likeness (QED) is 0.508. The van der Waals surface area contributed by atoms with E-state index < -0.39 is 57.0 Å². The SMILES string of the molecule is C=C1CC[C@@]23O[C@H](C)CN2C(=O)c2c(O)c(=O)c(C(=O)NCc4ccc(F)c(Cl)c4F)cn2[C@@H]13. The van der Waals surface area contributed by atoms with Gasteiger partial charge in [-0.1, -0.05) is 24.2 Å². The van der Waals surface area contributed by atoms with Gasteiger partial charge >= 0.3 is 0 Å². The number of ether oxygens (including phenoxy) is 1. The minimum Gasteiger partial charge on any atom is -0.503 e. The molecule has 5 rings (SSSR count). The van der Waals surface area contributed by atoms with E-state index in [4.69, 9.17) is 16.3 Å². The van der Waals surface area contributed by atoms with Crippen molar-refractivity contribution in [1.29, 1.82) is 0 Å². The lowest BCUT2D eigenvalue weighted by molar-refractivity contribution is -0.111. The zero-order valence-corrected chi connectivity index (χ0v) is 18.8. The van der Waals surface area contributed by atoms with Gasteiger partial charge < -0.3 is 24.6 Å². The Morgan fingerprint density at radius 1 is 1.38 bits per heavy atom. The van der Waals surface area contributed by atoms with Crippen molar-refractivity contribution in [2.45, 2.75) is 44.2 Å². The number of halogens is 3. The van der Waals surface area contributed by atoms with Crippen molar-refractivity contribution in [2.24, 2.45) is 0 Å². The van der Waals surface area contributed by atoms with Gasteiger partial charge in [0.15, 0.2) is 17.2 Å². The Bertz CT molecular complexity index is 1340. The fraction of sp³-hybridized carbons (Fsp3) is 0.348. The molecule has 1 aromatic carbocycles. The van der Waals surface area contributed by atoms with Crippen molar-refractivity contribution in [1.82, 2.24) is 14.8 Å². The Morgan fingerprint density at radius 2 is 2.12 bits per heavy atom. The van der Waals surface area contributed by atoms with Gasteiger partial charge in [-0.25, -0.2) is 8.78 Å². The van der Waals surface area contributed by atoms with Gasteiger partial charge in [-0.15, -0.1) is 0 Å². The zero-order valence-electron chi connectivity index (χ0n) is 18.0. The maximum atomic E-state index is 14.2. The average Bonchev–Trinajstić information content (AvgIpc) is 3.31. The molecule has 0 unspecified atom stereocenters. The van der Waals surface area contributed by atoms with Crippen LogP contribution < -0.4 is 10.7 Å². The molecule has 1 aliphatic carbocycles. The molecule has 3 atom stereocenters. The van der Waals surface area contributed by atoms with Gasteiger partial charge in [-0.3, -0.25) is 14.4 Å². The van der Waals surface area contributed by atoms with E-state index in [1.54, 1.807) is 0 Å². The van der Waals surface area contributed by atoms with Crippen molar-refractivity contribution < 1.29 is 28.2 Å². The van der Waals surface area contributed by atoms with Gasteiger partial charge in [0, 0.05) is 31.3 Å². The predicted octanol–water partition coefficient (Wildman–Crippen LogP) is 2.88. The van der Waals surface area contributed by atoms with E-state index >= 15 is 0 Å². The van der Waals surface area contributed by atoms with Crippen LogP contribution in [-0.2, 0) is 11.3 Å². The number of nitrogens with zero attached hydrogens (tertiary/aromatic N) is 2. The molecular weight excluding hydrogens is 472 g/mol. The fourth-order valence-corrected chi connectivity index (χ4v) is 5.35. The number of carbonyl (C=O) groups is 2. The monoisotopic (exact) mass is 491 g/mol. The molecule has 2 N–H and O–H groups in total. The van der Waals surface area contributed by atoms with Crippen LogP contribution in [0.1, 0.15) is 52.2 Å². The Kier molecular flexibility index (Phi) is 5.07. The normalized spacial score (nSPS) is 25.2. The van der Waals surface area contributed by atoms with Gasteiger partial charge in [0.2, 0.25) is 5.43 Å². The second kappa shape index (κ2) is 7.64. The average molecular weight is 492 g/mol. The van der Waals surface area contributed by atoms with Crippen molar-refractivity contribution in [3.8, 4) is 5.75 Å². The van der Waals surface area contributed by atoms with E-state index in [-0.39, 0.29) is 23.9 Å². The van der Waals surface area contributed by atoms with Crippen LogP contribution in [0.4, 0.5) is 8.78 Å². The molecule has 2 fully saturated rings. The molecule has 11 heteroatoms. The van der Waals surface area contributed by atoms with Crippen molar-refractivity contribution in [3.05, 3.63) is 74.2 Å². The number of aromatic nitrogens is 1. The topological polar surface area (TPSA) is 101 Å². The van der Waals surface area contributed by atoms with Crippen LogP contribution in [0.15, 0.2) is 35.3 Å². The summed E-state index contributed by atoms with van der Waals surface area (Å²) < 4.78 is 35.1. The molecule has 1 saturated carbocycles.